The average molecular weight is 560 g/mol. The lowest BCUT2D eigenvalue weighted by molar-refractivity contribution is 0.198. The molecular weight excluding hydrogens is 530 g/mol. The first-order chi connectivity index (χ1) is 14.5. The number of nitrogens with zero attached hydrogens (tertiary/aromatic N) is 2. The molecule has 0 amide bonds. The van der Waals surface area contributed by atoms with E-state index >= 15 is 0 Å². The van der Waals surface area contributed by atoms with Crippen LogP contribution in [-0.4, -0.2) is 57.8 Å². The zero-order valence-electron chi connectivity index (χ0n) is 17.6. The first kappa shape index (κ1) is 25.5. The molecule has 1 saturated heterocycles. The maximum atomic E-state index is 13.8. The molecule has 1 heterocycles. The zero-order chi connectivity index (χ0) is 21.4. The van der Waals surface area contributed by atoms with Gasteiger partial charge in [0, 0.05) is 39.3 Å². The fourth-order valence-electron chi connectivity index (χ4n) is 3.58. The van der Waals surface area contributed by atoms with E-state index in [-0.39, 0.29) is 47.2 Å². The third kappa shape index (κ3) is 7.73. The lowest BCUT2D eigenvalue weighted by atomic mass is 10.0. The average Bonchev–Trinajstić information content (AvgIpc) is 2.75. The van der Waals surface area contributed by atoms with Gasteiger partial charge in [0.15, 0.2) is 15.8 Å². The maximum Gasteiger partial charge on any atom is 0.191 e. The van der Waals surface area contributed by atoms with Gasteiger partial charge in [0.05, 0.1) is 5.75 Å². The van der Waals surface area contributed by atoms with Gasteiger partial charge in [0.2, 0.25) is 0 Å². The highest BCUT2D eigenvalue weighted by Gasteiger charge is 2.21. The van der Waals surface area contributed by atoms with E-state index in [4.69, 9.17) is 0 Å². The van der Waals surface area contributed by atoms with E-state index in [1.54, 1.807) is 7.05 Å². The van der Waals surface area contributed by atoms with Gasteiger partial charge in [-0.15, -0.1) is 24.0 Å². The molecule has 1 aliphatic rings. The molecule has 0 spiro atoms. The van der Waals surface area contributed by atoms with Gasteiger partial charge in [-0.3, -0.25) is 9.89 Å². The summed E-state index contributed by atoms with van der Waals surface area (Å²) in [6.07, 6.45) is 1.97. The predicted molar refractivity (Wildman–Crippen MR) is 133 cm³/mol. The molecule has 31 heavy (non-hydrogen) atoms. The summed E-state index contributed by atoms with van der Waals surface area (Å²) in [6.45, 7) is 3.09. The number of likely N-dealkylation sites (tertiary alicyclic amines) is 1. The largest absolute Gasteiger partial charge is 0.355 e. The second-order valence-electron chi connectivity index (χ2n) is 7.43. The molecule has 170 valence electrons. The smallest absolute Gasteiger partial charge is 0.191 e. The lowest BCUT2D eigenvalue weighted by Gasteiger charge is -2.33. The number of hydrogen-bond donors (Lipinski definition) is 2. The Morgan fingerprint density at radius 3 is 2.39 bits per heavy atom. The Labute approximate surface area is 201 Å². The van der Waals surface area contributed by atoms with Crippen molar-refractivity contribution in [2.45, 2.75) is 30.3 Å². The van der Waals surface area contributed by atoms with E-state index < -0.39 is 15.7 Å². The monoisotopic (exact) mass is 560 g/mol. The summed E-state index contributed by atoms with van der Waals surface area (Å²) in [5, 5.41) is 6.41. The molecule has 9 heteroatoms. The highest BCUT2D eigenvalue weighted by Crippen LogP contribution is 2.15. The van der Waals surface area contributed by atoms with Crippen molar-refractivity contribution in [2.75, 3.05) is 32.4 Å². The highest BCUT2D eigenvalue weighted by molar-refractivity contribution is 14.0. The van der Waals surface area contributed by atoms with Gasteiger partial charge in [-0.25, -0.2) is 12.8 Å². The Balaban J connectivity index is 0.00000341. The molecular formula is C22H30FIN4O2S. The first-order valence-electron chi connectivity index (χ1n) is 10.2. The Hall–Kier alpha value is -1.72. The van der Waals surface area contributed by atoms with Crippen molar-refractivity contribution in [1.82, 2.24) is 15.5 Å². The highest BCUT2D eigenvalue weighted by atomic mass is 127. The van der Waals surface area contributed by atoms with Crippen LogP contribution in [0, 0.1) is 5.82 Å². The minimum atomic E-state index is -3.69. The molecule has 1 fully saturated rings. The lowest BCUT2D eigenvalue weighted by Crippen LogP contribution is -2.49. The number of guanidine groups is 1. The van der Waals surface area contributed by atoms with Crippen LogP contribution in [0.1, 0.15) is 18.4 Å². The van der Waals surface area contributed by atoms with E-state index in [1.807, 2.05) is 6.07 Å². The van der Waals surface area contributed by atoms with Gasteiger partial charge >= 0.3 is 0 Å². The minimum absolute atomic E-state index is 0. The number of hydrogen-bond acceptors (Lipinski definition) is 4. The summed E-state index contributed by atoms with van der Waals surface area (Å²) in [5.41, 5.74) is 1.32. The fraction of sp³-hybridized carbons (Fsp3) is 0.409. The van der Waals surface area contributed by atoms with Gasteiger partial charge in [-0.2, -0.15) is 0 Å². The van der Waals surface area contributed by atoms with Crippen LogP contribution in [0.3, 0.4) is 0 Å². The summed E-state index contributed by atoms with van der Waals surface area (Å²) in [6, 6.07) is 16.2. The molecule has 2 N–H and O–H groups in total. The van der Waals surface area contributed by atoms with E-state index in [0.29, 0.717) is 5.96 Å². The normalized spacial score (nSPS) is 15.9. The zero-order valence-corrected chi connectivity index (χ0v) is 20.8. The number of nitrogens with one attached hydrogen (secondary N) is 2. The topological polar surface area (TPSA) is 73.8 Å². The summed E-state index contributed by atoms with van der Waals surface area (Å²) in [5.74, 6) is -0.355. The van der Waals surface area contributed by atoms with Gasteiger partial charge in [0.25, 0.3) is 0 Å². The number of halogens is 2. The second kappa shape index (κ2) is 12.4. The third-order valence-electron chi connectivity index (χ3n) is 5.24. The molecule has 0 aromatic heterocycles. The molecule has 2 aromatic rings. The van der Waals surface area contributed by atoms with E-state index in [1.165, 1.54) is 23.8 Å². The summed E-state index contributed by atoms with van der Waals surface area (Å²) in [7, 11) is -2.03. The number of benzene rings is 2. The van der Waals surface area contributed by atoms with Crippen LogP contribution >= 0.6 is 24.0 Å². The van der Waals surface area contributed by atoms with E-state index in [0.717, 1.165) is 38.5 Å². The second-order valence-corrected chi connectivity index (χ2v) is 9.51. The van der Waals surface area contributed by atoms with Crippen LogP contribution in [0.25, 0.3) is 0 Å². The Morgan fingerprint density at radius 2 is 1.74 bits per heavy atom. The molecule has 0 radical (unpaired) electrons. The molecule has 0 saturated carbocycles. The van der Waals surface area contributed by atoms with Crippen molar-refractivity contribution in [3.8, 4) is 0 Å². The number of aliphatic imine (C=N–C) groups is 1. The van der Waals surface area contributed by atoms with E-state index in [2.05, 4.69) is 44.8 Å². The van der Waals surface area contributed by atoms with Gasteiger partial charge < -0.3 is 10.6 Å². The van der Waals surface area contributed by atoms with Crippen LogP contribution in [0.5, 0.6) is 0 Å². The molecule has 6 nitrogen and oxygen atoms in total. The van der Waals surface area contributed by atoms with E-state index in [9.17, 15) is 12.8 Å². The molecule has 0 aliphatic carbocycles. The van der Waals surface area contributed by atoms with Crippen LogP contribution in [-0.2, 0) is 16.4 Å². The molecule has 2 aromatic carbocycles. The number of piperidine rings is 1. The summed E-state index contributed by atoms with van der Waals surface area (Å²) in [4.78, 5) is 6.36. The molecule has 0 unspecified atom stereocenters. The predicted octanol–water partition coefficient (Wildman–Crippen LogP) is 3.05. The van der Waals surface area contributed by atoms with Crippen LogP contribution in [0.2, 0.25) is 0 Å². The van der Waals surface area contributed by atoms with Gasteiger partial charge in [0.1, 0.15) is 10.7 Å². The summed E-state index contributed by atoms with van der Waals surface area (Å²) < 4.78 is 38.5. The number of sulfone groups is 1. The van der Waals surface area contributed by atoms with Crippen molar-refractivity contribution < 1.29 is 12.8 Å². The summed E-state index contributed by atoms with van der Waals surface area (Å²) >= 11 is 0. The molecule has 0 bridgehead atoms. The van der Waals surface area contributed by atoms with Crippen LogP contribution in [0.4, 0.5) is 4.39 Å². The molecule has 0 atom stereocenters. The first-order valence-corrected chi connectivity index (χ1v) is 11.8. The van der Waals surface area contributed by atoms with Gasteiger partial charge in [-0.1, -0.05) is 42.5 Å². The Kier molecular flexibility index (Phi) is 10.2. The number of rotatable bonds is 7. The minimum Gasteiger partial charge on any atom is -0.355 e. The van der Waals surface area contributed by atoms with Crippen LogP contribution in [0.15, 0.2) is 64.5 Å². The SMILES string of the molecule is CN=C(NCCS(=O)(=O)c1ccccc1F)NC1CCN(Cc2ccccc2)CC1.I. The standard InChI is InChI=1S/C22H29FN4O2S.HI/c1-24-22(25-13-16-30(28,29)21-10-6-5-9-20(21)23)26-19-11-14-27(15-12-19)17-18-7-3-2-4-8-18;/h2-10,19H,11-17H2,1H3,(H2,24,25,26);1H. The third-order valence-corrected chi connectivity index (χ3v) is 6.98. The maximum absolute atomic E-state index is 13.8. The van der Waals surface area contributed by atoms with Crippen LogP contribution < -0.4 is 10.6 Å². The van der Waals surface area contributed by atoms with Crippen molar-refractivity contribution in [2.24, 2.45) is 4.99 Å². The Morgan fingerprint density at radius 1 is 1.10 bits per heavy atom. The Bertz CT molecular complexity index is 949. The van der Waals surface area contributed by atoms with Gasteiger partial charge in [-0.05, 0) is 30.5 Å². The van der Waals surface area contributed by atoms with Crippen molar-refractivity contribution in [3.05, 3.63) is 66.0 Å². The van der Waals surface area contributed by atoms with Crippen molar-refractivity contribution >= 4 is 39.8 Å². The quantitative estimate of drug-likeness (QED) is 0.310. The van der Waals surface area contributed by atoms with Crippen molar-refractivity contribution in [3.63, 3.8) is 0 Å². The van der Waals surface area contributed by atoms with Crippen molar-refractivity contribution in [1.29, 1.82) is 0 Å². The molecule has 1 aliphatic heterocycles. The molecule has 3 rings (SSSR count). The fourth-order valence-corrected chi connectivity index (χ4v) is 4.82.